The van der Waals surface area contributed by atoms with Crippen LogP contribution in [-0.2, 0) is 4.74 Å². The first kappa shape index (κ1) is 11.5. The summed E-state index contributed by atoms with van der Waals surface area (Å²) in [5.41, 5.74) is 0.828. The van der Waals surface area contributed by atoms with Crippen molar-refractivity contribution in [3.05, 3.63) is 0 Å². The van der Waals surface area contributed by atoms with Crippen LogP contribution in [0.15, 0.2) is 5.16 Å². The van der Waals surface area contributed by atoms with Crippen LogP contribution in [0.25, 0.3) is 0 Å². The van der Waals surface area contributed by atoms with Gasteiger partial charge in [-0.05, 0) is 19.3 Å². The second kappa shape index (κ2) is 6.82. The third-order valence-electron chi connectivity index (χ3n) is 2.93. The van der Waals surface area contributed by atoms with Crippen LogP contribution in [0, 0.1) is 0 Å². The second-order valence-electron chi connectivity index (χ2n) is 3.98. The summed E-state index contributed by atoms with van der Waals surface area (Å²) in [7, 11) is 1.70. The Hall–Kier alpha value is -0.570. The van der Waals surface area contributed by atoms with Crippen molar-refractivity contribution >= 4 is 5.71 Å². The molecule has 82 valence electrons. The molecular formula is C11H21NO2. The molecule has 0 bridgehead atoms. The molecular weight excluding hydrogens is 178 g/mol. The first-order valence-corrected chi connectivity index (χ1v) is 5.62. The van der Waals surface area contributed by atoms with Gasteiger partial charge in [0.05, 0.1) is 11.8 Å². The maximum atomic E-state index is 8.88. The lowest BCUT2D eigenvalue weighted by molar-refractivity contribution is 0.138. The fourth-order valence-electron chi connectivity index (χ4n) is 2.04. The average Bonchev–Trinajstić information content (AvgIpc) is 2.24. The van der Waals surface area contributed by atoms with E-state index in [9.17, 15) is 0 Å². The molecule has 1 aliphatic rings. The van der Waals surface area contributed by atoms with Gasteiger partial charge in [0, 0.05) is 7.11 Å². The molecule has 0 amide bonds. The molecule has 14 heavy (non-hydrogen) atoms. The second-order valence-corrected chi connectivity index (χ2v) is 3.98. The maximum absolute atomic E-state index is 8.88. The topological polar surface area (TPSA) is 41.8 Å². The van der Waals surface area contributed by atoms with Gasteiger partial charge in [-0.15, -0.1) is 0 Å². The molecule has 0 heterocycles. The molecule has 0 aromatic heterocycles. The van der Waals surface area contributed by atoms with E-state index in [0.717, 1.165) is 25.0 Å². The highest BCUT2D eigenvalue weighted by Crippen LogP contribution is 2.17. The first-order chi connectivity index (χ1) is 6.88. The van der Waals surface area contributed by atoms with Gasteiger partial charge < -0.3 is 9.94 Å². The van der Waals surface area contributed by atoms with Gasteiger partial charge in [-0.25, -0.2) is 0 Å². The molecule has 0 spiro atoms. The van der Waals surface area contributed by atoms with Crippen LogP contribution in [0.3, 0.4) is 0 Å². The van der Waals surface area contributed by atoms with Crippen LogP contribution in [-0.4, -0.2) is 24.1 Å². The van der Waals surface area contributed by atoms with Crippen molar-refractivity contribution in [2.75, 3.05) is 7.11 Å². The van der Waals surface area contributed by atoms with Gasteiger partial charge in [-0.3, -0.25) is 0 Å². The van der Waals surface area contributed by atoms with Crippen LogP contribution < -0.4 is 0 Å². The summed E-state index contributed by atoms with van der Waals surface area (Å²) < 4.78 is 5.34. The predicted octanol–water partition coefficient (Wildman–Crippen LogP) is 2.97. The van der Waals surface area contributed by atoms with Gasteiger partial charge in [0.15, 0.2) is 0 Å². The molecule has 1 unspecified atom stereocenters. The van der Waals surface area contributed by atoms with Crippen LogP contribution in [0.1, 0.15) is 51.4 Å². The summed E-state index contributed by atoms with van der Waals surface area (Å²) in [4.78, 5) is 0. The van der Waals surface area contributed by atoms with E-state index in [1.165, 1.54) is 32.1 Å². The van der Waals surface area contributed by atoms with Gasteiger partial charge in [0.1, 0.15) is 0 Å². The number of methoxy groups -OCH3 is 1. The molecule has 0 aromatic rings. The number of rotatable bonds is 1. The van der Waals surface area contributed by atoms with E-state index in [1.54, 1.807) is 7.11 Å². The van der Waals surface area contributed by atoms with Crippen molar-refractivity contribution in [2.24, 2.45) is 5.16 Å². The summed E-state index contributed by atoms with van der Waals surface area (Å²) in [5.74, 6) is 0. The van der Waals surface area contributed by atoms with Crippen molar-refractivity contribution in [2.45, 2.75) is 57.5 Å². The van der Waals surface area contributed by atoms with Crippen molar-refractivity contribution in [1.82, 2.24) is 0 Å². The zero-order valence-corrected chi connectivity index (χ0v) is 9.04. The molecule has 3 nitrogen and oxygen atoms in total. The molecule has 1 rings (SSSR count). The molecule has 1 saturated carbocycles. The fraction of sp³-hybridized carbons (Fsp3) is 0.909. The quantitative estimate of drug-likeness (QED) is 0.521. The third kappa shape index (κ3) is 3.66. The van der Waals surface area contributed by atoms with Crippen LogP contribution in [0.2, 0.25) is 0 Å². The Bertz CT molecular complexity index is 180. The predicted molar refractivity (Wildman–Crippen MR) is 57.0 cm³/mol. The Balaban J connectivity index is 2.49. The molecule has 0 aromatic carbocycles. The largest absolute Gasteiger partial charge is 0.411 e. The molecule has 0 radical (unpaired) electrons. The molecule has 1 atom stereocenters. The Morgan fingerprint density at radius 1 is 1.14 bits per heavy atom. The summed E-state index contributed by atoms with van der Waals surface area (Å²) in [6.07, 6.45) is 9.40. The first-order valence-electron chi connectivity index (χ1n) is 5.62. The van der Waals surface area contributed by atoms with Crippen molar-refractivity contribution in [1.29, 1.82) is 0 Å². The van der Waals surface area contributed by atoms with E-state index in [-0.39, 0.29) is 6.10 Å². The van der Waals surface area contributed by atoms with Gasteiger partial charge in [-0.1, -0.05) is 37.3 Å². The lowest BCUT2D eigenvalue weighted by atomic mass is 9.97. The number of oxime groups is 1. The monoisotopic (exact) mass is 199 g/mol. The van der Waals surface area contributed by atoms with Gasteiger partial charge in [0.2, 0.25) is 0 Å². The molecule has 1 aliphatic carbocycles. The fourth-order valence-corrected chi connectivity index (χ4v) is 2.04. The molecule has 0 saturated heterocycles. The number of hydrogen-bond acceptors (Lipinski definition) is 3. The standard InChI is InChI=1S/C11H21NO2/c1-14-11-9-7-5-3-2-4-6-8-10(11)12-13/h11,13H,2-9H2,1H3. The smallest absolute Gasteiger partial charge is 0.0985 e. The lowest BCUT2D eigenvalue weighted by Gasteiger charge is -2.18. The highest BCUT2D eigenvalue weighted by Gasteiger charge is 2.16. The number of ether oxygens (including phenoxy) is 1. The number of nitrogens with zero attached hydrogens (tertiary/aromatic N) is 1. The van der Waals surface area contributed by atoms with E-state index < -0.39 is 0 Å². The van der Waals surface area contributed by atoms with E-state index in [1.807, 2.05) is 0 Å². The zero-order chi connectivity index (χ0) is 10.2. The van der Waals surface area contributed by atoms with Crippen molar-refractivity contribution < 1.29 is 9.94 Å². The minimum Gasteiger partial charge on any atom is -0.411 e. The highest BCUT2D eigenvalue weighted by atomic mass is 16.5. The van der Waals surface area contributed by atoms with Crippen LogP contribution >= 0.6 is 0 Å². The Labute approximate surface area is 86.1 Å². The minimum atomic E-state index is 0.0399. The molecule has 0 aliphatic heterocycles. The van der Waals surface area contributed by atoms with Gasteiger partial charge >= 0.3 is 0 Å². The van der Waals surface area contributed by atoms with Crippen LogP contribution in [0.5, 0.6) is 0 Å². The zero-order valence-electron chi connectivity index (χ0n) is 9.04. The highest BCUT2D eigenvalue weighted by molar-refractivity contribution is 5.88. The summed E-state index contributed by atoms with van der Waals surface area (Å²) in [6.45, 7) is 0. The van der Waals surface area contributed by atoms with Crippen molar-refractivity contribution in [3.8, 4) is 0 Å². The lowest BCUT2D eigenvalue weighted by Crippen LogP contribution is -2.23. The number of hydrogen-bond donors (Lipinski definition) is 1. The maximum Gasteiger partial charge on any atom is 0.0985 e. The van der Waals surface area contributed by atoms with Gasteiger partial charge in [0.25, 0.3) is 0 Å². The Kier molecular flexibility index (Phi) is 5.60. The van der Waals surface area contributed by atoms with E-state index in [0.29, 0.717) is 0 Å². The molecule has 3 heteroatoms. The summed E-state index contributed by atoms with van der Waals surface area (Å²) >= 11 is 0. The summed E-state index contributed by atoms with van der Waals surface area (Å²) in [6, 6.07) is 0. The minimum absolute atomic E-state index is 0.0399. The Morgan fingerprint density at radius 2 is 1.79 bits per heavy atom. The van der Waals surface area contributed by atoms with Crippen LogP contribution in [0.4, 0.5) is 0 Å². The normalized spacial score (nSPS) is 28.9. The van der Waals surface area contributed by atoms with E-state index >= 15 is 0 Å². The summed E-state index contributed by atoms with van der Waals surface area (Å²) in [5, 5.41) is 12.2. The van der Waals surface area contributed by atoms with Crippen molar-refractivity contribution in [3.63, 3.8) is 0 Å². The average molecular weight is 199 g/mol. The molecule has 1 N–H and O–H groups in total. The van der Waals surface area contributed by atoms with E-state index in [4.69, 9.17) is 9.94 Å². The molecule has 1 fully saturated rings. The Morgan fingerprint density at radius 3 is 2.43 bits per heavy atom. The van der Waals surface area contributed by atoms with Gasteiger partial charge in [-0.2, -0.15) is 0 Å². The third-order valence-corrected chi connectivity index (χ3v) is 2.93. The SMILES string of the molecule is COC1CCCCCCCCC1=NO. The van der Waals surface area contributed by atoms with E-state index in [2.05, 4.69) is 5.16 Å².